The monoisotopic (exact) mass is 369 g/mol. The van der Waals surface area contributed by atoms with Crippen molar-refractivity contribution in [1.82, 2.24) is 5.06 Å². The lowest BCUT2D eigenvalue weighted by Crippen LogP contribution is -2.34. The van der Waals surface area contributed by atoms with Crippen LogP contribution in [0.25, 0.3) is 0 Å². The Balaban J connectivity index is 1.56. The fourth-order valence-corrected chi connectivity index (χ4v) is 2.44. The van der Waals surface area contributed by atoms with Crippen LogP contribution in [0.5, 0.6) is 11.5 Å². The van der Waals surface area contributed by atoms with E-state index in [1.807, 2.05) is 13.8 Å². The van der Waals surface area contributed by atoms with Crippen LogP contribution in [0.1, 0.15) is 34.6 Å². The number of imide groups is 1. The van der Waals surface area contributed by atoms with Crippen molar-refractivity contribution in [2.24, 2.45) is 5.92 Å². The molecule has 0 aliphatic carbocycles. The second-order valence-corrected chi connectivity index (χ2v) is 6.38. The Morgan fingerprint density at radius 3 is 2.11 bits per heavy atom. The van der Waals surface area contributed by atoms with Gasteiger partial charge in [0.2, 0.25) is 0 Å². The molecule has 7 heteroatoms. The summed E-state index contributed by atoms with van der Waals surface area (Å²) in [6.45, 7) is 4.18. The van der Waals surface area contributed by atoms with Gasteiger partial charge in [0.1, 0.15) is 11.5 Å². The smallest absolute Gasteiger partial charge is 0.370 e. The van der Waals surface area contributed by atoms with Crippen molar-refractivity contribution >= 4 is 17.8 Å². The summed E-state index contributed by atoms with van der Waals surface area (Å²) in [5.74, 6) is -0.797. The van der Waals surface area contributed by atoms with Crippen LogP contribution in [-0.2, 0) is 9.63 Å². The van der Waals surface area contributed by atoms with E-state index in [0.29, 0.717) is 29.1 Å². The second-order valence-electron chi connectivity index (χ2n) is 6.38. The molecule has 3 rings (SSSR count). The quantitative estimate of drug-likeness (QED) is 0.698. The molecule has 2 aromatic rings. The summed E-state index contributed by atoms with van der Waals surface area (Å²) in [5.41, 5.74) is 0.400. The molecule has 0 unspecified atom stereocenters. The summed E-state index contributed by atoms with van der Waals surface area (Å²) in [7, 11) is 0. The molecule has 0 fully saturated rings. The predicted octanol–water partition coefficient (Wildman–Crippen LogP) is 2.85. The van der Waals surface area contributed by atoms with Crippen LogP contribution in [0.2, 0.25) is 0 Å². The van der Waals surface area contributed by atoms with Gasteiger partial charge in [-0.3, -0.25) is 9.59 Å². The largest absolute Gasteiger partial charge is 0.493 e. The SMILES string of the molecule is CC(C)COc1cccc(OCC(=O)ON2C(=O)c3ccccc3C2=O)c1. The highest BCUT2D eigenvalue weighted by Gasteiger charge is 2.38. The van der Waals surface area contributed by atoms with Crippen molar-refractivity contribution in [3.05, 3.63) is 59.7 Å². The first-order chi connectivity index (χ1) is 13.0. The standard InChI is InChI=1S/C20H19NO6/c1-13(2)11-25-14-6-5-7-15(10-14)26-12-18(22)27-21-19(23)16-8-3-4-9-17(16)20(21)24/h3-10,13H,11-12H2,1-2H3. The van der Waals surface area contributed by atoms with Crippen molar-refractivity contribution in [3.63, 3.8) is 0 Å². The molecule has 0 aromatic heterocycles. The van der Waals surface area contributed by atoms with Gasteiger partial charge >= 0.3 is 5.97 Å². The highest BCUT2D eigenvalue weighted by molar-refractivity contribution is 6.20. The van der Waals surface area contributed by atoms with Crippen molar-refractivity contribution in [1.29, 1.82) is 0 Å². The van der Waals surface area contributed by atoms with E-state index < -0.39 is 24.4 Å². The van der Waals surface area contributed by atoms with Crippen LogP contribution in [0.3, 0.4) is 0 Å². The zero-order chi connectivity index (χ0) is 19.4. The molecule has 1 heterocycles. The Hall–Kier alpha value is -3.35. The molecule has 0 spiro atoms. The maximum Gasteiger partial charge on any atom is 0.370 e. The number of nitrogens with zero attached hydrogens (tertiary/aromatic N) is 1. The number of hydrogen-bond acceptors (Lipinski definition) is 6. The summed E-state index contributed by atoms with van der Waals surface area (Å²) in [5, 5.41) is 0.457. The zero-order valence-corrected chi connectivity index (χ0v) is 15.0. The Labute approximate surface area is 156 Å². The third-order valence-electron chi connectivity index (χ3n) is 3.70. The molecule has 2 amide bonds. The summed E-state index contributed by atoms with van der Waals surface area (Å²) in [6, 6.07) is 13.1. The predicted molar refractivity (Wildman–Crippen MR) is 95.3 cm³/mol. The molecular formula is C20H19NO6. The topological polar surface area (TPSA) is 82.1 Å². The fourth-order valence-electron chi connectivity index (χ4n) is 2.44. The van der Waals surface area contributed by atoms with Gasteiger partial charge in [0, 0.05) is 6.07 Å². The molecule has 1 aliphatic rings. The molecule has 0 atom stereocenters. The average molecular weight is 369 g/mol. The molecule has 0 bridgehead atoms. The Morgan fingerprint density at radius 2 is 1.52 bits per heavy atom. The van der Waals surface area contributed by atoms with E-state index in [1.54, 1.807) is 36.4 Å². The molecule has 7 nitrogen and oxygen atoms in total. The normalized spacial score (nSPS) is 12.9. The Morgan fingerprint density at radius 1 is 0.926 bits per heavy atom. The molecule has 0 saturated heterocycles. The first-order valence-electron chi connectivity index (χ1n) is 8.50. The number of hydroxylamine groups is 2. The van der Waals surface area contributed by atoms with Crippen LogP contribution in [0.4, 0.5) is 0 Å². The maximum atomic E-state index is 12.2. The number of carbonyl (C=O) groups is 3. The molecule has 0 N–H and O–H groups in total. The van der Waals surface area contributed by atoms with Gasteiger partial charge in [-0.15, -0.1) is 0 Å². The van der Waals surface area contributed by atoms with Crippen LogP contribution in [0, 0.1) is 5.92 Å². The van der Waals surface area contributed by atoms with Crippen molar-refractivity contribution in [2.45, 2.75) is 13.8 Å². The first-order valence-corrected chi connectivity index (χ1v) is 8.50. The van der Waals surface area contributed by atoms with E-state index in [4.69, 9.17) is 14.3 Å². The van der Waals surface area contributed by atoms with E-state index in [0.717, 1.165) is 0 Å². The van der Waals surface area contributed by atoms with Gasteiger partial charge in [-0.2, -0.15) is 0 Å². The fraction of sp³-hybridized carbons (Fsp3) is 0.250. The number of rotatable bonds is 7. The van der Waals surface area contributed by atoms with Gasteiger partial charge in [0.05, 0.1) is 17.7 Å². The maximum absolute atomic E-state index is 12.2. The average Bonchev–Trinajstić information content (AvgIpc) is 2.90. The summed E-state index contributed by atoms with van der Waals surface area (Å²) < 4.78 is 11.0. The van der Waals surface area contributed by atoms with Gasteiger partial charge in [-0.1, -0.05) is 37.1 Å². The Bertz CT molecular complexity index is 841. The van der Waals surface area contributed by atoms with Crippen molar-refractivity contribution in [3.8, 4) is 11.5 Å². The van der Waals surface area contributed by atoms with Crippen molar-refractivity contribution in [2.75, 3.05) is 13.2 Å². The minimum Gasteiger partial charge on any atom is -0.493 e. The van der Waals surface area contributed by atoms with Crippen LogP contribution < -0.4 is 9.47 Å². The van der Waals surface area contributed by atoms with Gasteiger partial charge in [0.15, 0.2) is 6.61 Å². The van der Waals surface area contributed by atoms with E-state index in [9.17, 15) is 14.4 Å². The van der Waals surface area contributed by atoms with Crippen LogP contribution in [-0.4, -0.2) is 36.1 Å². The highest BCUT2D eigenvalue weighted by atomic mass is 16.7. The van der Waals surface area contributed by atoms with E-state index in [-0.39, 0.29) is 11.1 Å². The molecule has 140 valence electrons. The molecular weight excluding hydrogens is 350 g/mol. The number of benzene rings is 2. The van der Waals surface area contributed by atoms with Gasteiger partial charge < -0.3 is 14.3 Å². The Kier molecular flexibility index (Phi) is 5.40. The highest BCUT2D eigenvalue weighted by Crippen LogP contribution is 2.23. The number of ether oxygens (including phenoxy) is 2. The summed E-state index contributed by atoms with van der Waals surface area (Å²) in [4.78, 5) is 41.2. The lowest BCUT2D eigenvalue weighted by molar-refractivity contribution is -0.170. The van der Waals surface area contributed by atoms with E-state index in [2.05, 4.69) is 0 Å². The number of carbonyl (C=O) groups excluding carboxylic acids is 3. The molecule has 0 radical (unpaired) electrons. The third-order valence-corrected chi connectivity index (χ3v) is 3.70. The summed E-state index contributed by atoms with van der Waals surface area (Å²) >= 11 is 0. The van der Waals surface area contributed by atoms with Gasteiger partial charge in [0.25, 0.3) is 11.8 Å². The molecule has 2 aromatic carbocycles. The minimum atomic E-state index is -0.863. The van der Waals surface area contributed by atoms with Gasteiger partial charge in [-0.25, -0.2) is 4.79 Å². The minimum absolute atomic E-state index is 0.200. The molecule has 27 heavy (non-hydrogen) atoms. The number of amides is 2. The van der Waals surface area contributed by atoms with Crippen LogP contribution in [0.15, 0.2) is 48.5 Å². The molecule has 1 aliphatic heterocycles. The second kappa shape index (κ2) is 7.90. The number of hydrogen-bond donors (Lipinski definition) is 0. The molecule has 0 saturated carbocycles. The van der Waals surface area contributed by atoms with E-state index >= 15 is 0 Å². The lowest BCUT2D eigenvalue weighted by Gasteiger charge is -2.13. The first kappa shape index (κ1) is 18.4. The summed E-state index contributed by atoms with van der Waals surface area (Å²) in [6.07, 6.45) is 0. The van der Waals surface area contributed by atoms with Gasteiger partial charge in [-0.05, 0) is 30.2 Å². The zero-order valence-electron chi connectivity index (χ0n) is 15.0. The van der Waals surface area contributed by atoms with Crippen molar-refractivity contribution < 1.29 is 28.7 Å². The van der Waals surface area contributed by atoms with Crippen LogP contribution >= 0.6 is 0 Å². The number of fused-ring (bicyclic) bond motifs is 1. The lowest BCUT2D eigenvalue weighted by atomic mass is 10.1. The van der Waals surface area contributed by atoms with E-state index in [1.165, 1.54) is 12.1 Å². The third kappa shape index (κ3) is 4.25.